The van der Waals surface area contributed by atoms with Crippen LogP contribution in [0.25, 0.3) is 16.8 Å². The second-order valence-corrected chi connectivity index (χ2v) is 13.6. The molecule has 6 rings (SSSR count). The number of aromatic nitrogens is 2. The molecule has 10 heteroatoms. The topological polar surface area (TPSA) is 120 Å². The van der Waals surface area contributed by atoms with Crippen LogP contribution in [-0.4, -0.2) is 68.3 Å². The van der Waals surface area contributed by atoms with Gasteiger partial charge in [-0.1, -0.05) is 93.4 Å². The van der Waals surface area contributed by atoms with E-state index in [4.69, 9.17) is 5.10 Å². The Morgan fingerprint density at radius 2 is 1.42 bits per heavy atom. The molecule has 4 aromatic carbocycles. The number of rotatable bonds is 13. The van der Waals surface area contributed by atoms with Gasteiger partial charge in [0.1, 0.15) is 0 Å². The molecule has 274 valence electrons. The average Bonchev–Trinajstić information content (AvgIpc) is 3.58. The van der Waals surface area contributed by atoms with Crippen LogP contribution in [-0.2, 0) is 13.0 Å². The van der Waals surface area contributed by atoms with Gasteiger partial charge in [-0.15, -0.1) is 0 Å². The molecule has 0 saturated heterocycles. The molecule has 5 aromatic rings. The number of urea groups is 1. The minimum atomic E-state index is -0.467. The molecule has 53 heavy (non-hydrogen) atoms. The number of aryl methyl sites for hydroxylation is 1. The predicted molar refractivity (Wildman–Crippen MR) is 209 cm³/mol. The Labute approximate surface area is 311 Å². The van der Waals surface area contributed by atoms with Crippen molar-refractivity contribution in [2.75, 3.05) is 30.3 Å². The number of carbonyl (C=O) groups is 3. The number of hydrogen-bond acceptors (Lipinski definition) is 5. The smallest absolute Gasteiger partial charge is 0.323 e. The van der Waals surface area contributed by atoms with E-state index >= 15 is 0 Å². The maximum absolute atomic E-state index is 14.6. The van der Waals surface area contributed by atoms with Crippen molar-refractivity contribution >= 4 is 29.2 Å². The summed E-state index contributed by atoms with van der Waals surface area (Å²) in [6.45, 7) is 7.50. The van der Waals surface area contributed by atoms with E-state index in [2.05, 4.69) is 24.5 Å². The van der Waals surface area contributed by atoms with Crippen molar-refractivity contribution in [3.05, 3.63) is 131 Å². The fourth-order valence-electron chi connectivity index (χ4n) is 6.78. The van der Waals surface area contributed by atoms with Gasteiger partial charge in [-0.3, -0.25) is 9.59 Å². The molecule has 1 aliphatic heterocycles. The molecular formula is C43H48N6O4. The number of aliphatic hydroxyl groups excluding tert-OH is 1. The van der Waals surface area contributed by atoms with Gasteiger partial charge in [-0.25, -0.2) is 9.48 Å². The lowest BCUT2D eigenvalue weighted by atomic mass is 9.93. The van der Waals surface area contributed by atoms with Gasteiger partial charge in [-0.05, 0) is 84.8 Å². The highest BCUT2D eigenvalue weighted by Gasteiger charge is 2.32. The average molecular weight is 713 g/mol. The number of carbonyl (C=O) groups excluding carboxylic acids is 3. The van der Waals surface area contributed by atoms with Gasteiger partial charge < -0.3 is 25.5 Å². The quantitative estimate of drug-likeness (QED) is 0.114. The summed E-state index contributed by atoms with van der Waals surface area (Å²) < 4.78 is 1.63. The van der Waals surface area contributed by atoms with Crippen molar-refractivity contribution in [2.45, 2.75) is 65.5 Å². The van der Waals surface area contributed by atoms with Gasteiger partial charge in [0, 0.05) is 36.7 Å². The van der Waals surface area contributed by atoms with E-state index in [1.807, 2.05) is 90.7 Å². The van der Waals surface area contributed by atoms with Crippen LogP contribution in [0.5, 0.6) is 0 Å². The Morgan fingerprint density at radius 1 is 0.792 bits per heavy atom. The van der Waals surface area contributed by atoms with E-state index in [-0.39, 0.29) is 24.0 Å². The van der Waals surface area contributed by atoms with E-state index in [1.54, 1.807) is 33.8 Å². The lowest BCUT2D eigenvalue weighted by Crippen LogP contribution is -2.46. The van der Waals surface area contributed by atoms with Gasteiger partial charge in [0.15, 0.2) is 5.69 Å². The minimum Gasteiger partial charge on any atom is -0.394 e. The summed E-state index contributed by atoms with van der Waals surface area (Å²) in [5, 5.41) is 21.0. The summed E-state index contributed by atoms with van der Waals surface area (Å²) in [7, 11) is 0. The van der Waals surface area contributed by atoms with E-state index in [0.717, 1.165) is 47.9 Å². The number of nitrogens with one attached hydrogen (secondary N) is 2. The third-order valence-corrected chi connectivity index (χ3v) is 9.75. The molecule has 1 aromatic heterocycles. The number of unbranched alkanes of at least 4 members (excludes halogenated alkanes) is 2. The van der Waals surface area contributed by atoms with Gasteiger partial charge in [0.05, 0.1) is 23.9 Å². The van der Waals surface area contributed by atoms with E-state index in [1.165, 1.54) is 0 Å². The summed E-state index contributed by atoms with van der Waals surface area (Å²) in [5.74, 6) is -0.453. The first-order chi connectivity index (χ1) is 25.8. The first-order valence-corrected chi connectivity index (χ1v) is 18.5. The van der Waals surface area contributed by atoms with Crippen LogP contribution in [0.15, 0.2) is 103 Å². The zero-order valence-electron chi connectivity index (χ0n) is 30.7. The largest absolute Gasteiger partial charge is 0.394 e. The normalized spacial score (nSPS) is 13.7. The van der Waals surface area contributed by atoms with Crippen molar-refractivity contribution in [1.82, 2.24) is 19.6 Å². The Hall–Kier alpha value is -5.74. The molecule has 0 unspecified atom stereocenters. The van der Waals surface area contributed by atoms with Gasteiger partial charge in [0.25, 0.3) is 11.8 Å². The van der Waals surface area contributed by atoms with E-state index < -0.39 is 12.1 Å². The number of fused-ring (bicyclic) bond motifs is 1. The molecule has 0 bridgehead atoms. The number of anilines is 2. The molecule has 1 aliphatic rings. The monoisotopic (exact) mass is 712 g/mol. The number of amides is 4. The fourth-order valence-corrected chi connectivity index (χ4v) is 6.78. The van der Waals surface area contributed by atoms with Gasteiger partial charge >= 0.3 is 6.03 Å². The minimum absolute atomic E-state index is 0.138. The summed E-state index contributed by atoms with van der Waals surface area (Å²) in [5.41, 5.74) is 7.00. The first kappa shape index (κ1) is 37.0. The van der Waals surface area contributed by atoms with Crippen LogP contribution in [0.2, 0.25) is 0 Å². The highest BCUT2D eigenvalue weighted by molar-refractivity contribution is 6.03. The van der Waals surface area contributed by atoms with Crippen LogP contribution in [0, 0.1) is 6.92 Å². The molecule has 0 saturated carbocycles. The molecule has 3 N–H and O–H groups in total. The molecule has 2 heterocycles. The van der Waals surface area contributed by atoms with E-state index in [0.29, 0.717) is 54.5 Å². The lowest BCUT2D eigenvalue weighted by molar-refractivity contribution is 0.0544. The SMILES string of the molecule is CCCCN(CCCC)C(=O)c1cc(C)n(-c2ccc(NC(=O)Nc3ccc(-c4ccccc4)cc3)cc2C(=O)N2Cc3ccccc3C[C@H]2CO)n1. The van der Waals surface area contributed by atoms with Crippen molar-refractivity contribution in [1.29, 1.82) is 0 Å². The number of hydrogen-bond donors (Lipinski definition) is 3. The molecule has 0 radical (unpaired) electrons. The fraction of sp³-hybridized carbons (Fsp3) is 0.302. The number of benzene rings is 4. The lowest BCUT2D eigenvalue weighted by Gasteiger charge is -2.36. The molecule has 4 amide bonds. The second-order valence-electron chi connectivity index (χ2n) is 13.6. The second kappa shape index (κ2) is 17.2. The van der Waals surface area contributed by atoms with Crippen LogP contribution >= 0.6 is 0 Å². The summed E-state index contributed by atoms with van der Waals surface area (Å²) in [6, 6.07) is 31.5. The highest BCUT2D eigenvalue weighted by atomic mass is 16.3. The Kier molecular flexibility index (Phi) is 12.0. The van der Waals surface area contributed by atoms with E-state index in [9.17, 15) is 19.5 Å². The van der Waals surface area contributed by atoms with Gasteiger partial charge in [0.2, 0.25) is 0 Å². The Morgan fingerprint density at radius 3 is 2.09 bits per heavy atom. The van der Waals surface area contributed by atoms with Crippen LogP contribution < -0.4 is 10.6 Å². The standard InChI is InChI=1S/C43H48N6O4/c1-4-6-23-47(24-7-5-2)42(52)39-25-30(3)49(46-39)40-22-21-36(45-43(53)44-35-19-17-32(18-20-35)31-13-9-8-10-14-31)27-38(40)41(51)48-28-34-16-12-11-15-33(34)26-37(48)29-50/h8-22,25,27,37,50H,4-7,23-24,26,28-29H2,1-3H3,(H2,44,45,53)/t37-/m0/s1. The first-order valence-electron chi connectivity index (χ1n) is 18.5. The third kappa shape index (κ3) is 8.67. The molecule has 0 fully saturated rings. The van der Waals surface area contributed by atoms with Crippen molar-refractivity contribution in [3.63, 3.8) is 0 Å². The maximum atomic E-state index is 14.6. The number of aliphatic hydroxyl groups is 1. The summed E-state index contributed by atoms with van der Waals surface area (Å²) >= 11 is 0. The van der Waals surface area contributed by atoms with Gasteiger partial charge in [-0.2, -0.15) is 5.10 Å². The van der Waals surface area contributed by atoms with Crippen LogP contribution in [0.3, 0.4) is 0 Å². The van der Waals surface area contributed by atoms with Crippen LogP contribution in [0.1, 0.15) is 77.2 Å². The summed E-state index contributed by atoms with van der Waals surface area (Å²) in [4.78, 5) is 45.1. The molecule has 10 nitrogen and oxygen atoms in total. The van der Waals surface area contributed by atoms with Crippen molar-refractivity contribution < 1.29 is 19.5 Å². The van der Waals surface area contributed by atoms with Crippen LogP contribution in [0.4, 0.5) is 16.2 Å². The van der Waals surface area contributed by atoms with Crippen molar-refractivity contribution in [3.8, 4) is 16.8 Å². The molecule has 1 atom stereocenters. The maximum Gasteiger partial charge on any atom is 0.323 e. The Balaban J connectivity index is 1.31. The molecular weight excluding hydrogens is 665 g/mol. The zero-order valence-corrected chi connectivity index (χ0v) is 30.7. The Bertz CT molecular complexity index is 2030. The predicted octanol–water partition coefficient (Wildman–Crippen LogP) is 8.09. The zero-order chi connectivity index (χ0) is 37.3. The molecule has 0 spiro atoms. The van der Waals surface area contributed by atoms with Crippen molar-refractivity contribution in [2.24, 2.45) is 0 Å². The molecule has 0 aliphatic carbocycles. The summed E-state index contributed by atoms with van der Waals surface area (Å²) in [6.07, 6.45) is 4.27. The number of nitrogens with zero attached hydrogens (tertiary/aromatic N) is 4. The third-order valence-electron chi connectivity index (χ3n) is 9.75. The highest BCUT2D eigenvalue weighted by Crippen LogP contribution is 2.29.